The first kappa shape index (κ1) is 23.1. The van der Waals surface area contributed by atoms with E-state index in [4.69, 9.17) is 4.74 Å². The molecule has 1 aromatic heterocycles. The van der Waals surface area contributed by atoms with Gasteiger partial charge in [0.05, 0.1) is 7.11 Å². The first-order valence-corrected chi connectivity index (χ1v) is 10.6. The number of ether oxygens (including phenoxy) is 1. The van der Waals surface area contributed by atoms with E-state index in [1.165, 1.54) is 12.8 Å². The molecule has 31 heavy (non-hydrogen) atoms. The Morgan fingerprint density at radius 3 is 2.55 bits per heavy atom. The highest BCUT2D eigenvalue weighted by atomic mass is 19.4. The fourth-order valence-electron chi connectivity index (χ4n) is 3.96. The van der Waals surface area contributed by atoms with E-state index in [0.717, 1.165) is 43.1 Å². The minimum absolute atomic E-state index is 0.171. The molecule has 2 aromatic rings. The highest BCUT2D eigenvalue weighted by Crippen LogP contribution is 2.29. The summed E-state index contributed by atoms with van der Waals surface area (Å²) in [5.74, 6) is 0.164. The summed E-state index contributed by atoms with van der Waals surface area (Å²) in [6.45, 7) is 5.15. The number of aromatic amines is 1. The summed E-state index contributed by atoms with van der Waals surface area (Å²) < 4.78 is 44.4. The van der Waals surface area contributed by atoms with E-state index in [2.05, 4.69) is 15.1 Å². The average molecular weight is 438 g/mol. The maximum atomic E-state index is 13.1. The largest absolute Gasteiger partial charge is 0.496 e. The second-order valence-corrected chi connectivity index (χ2v) is 7.91. The number of halogens is 3. The third kappa shape index (κ3) is 6.00. The number of aryl methyl sites for hydroxylation is 1. The van der Waals surface area contributed by atoms with Crippen molar-refractivity contribution >= 4 is 5.91 Å². The van der Waals surface area contributed by atoms with Gasteiger partial charge in [-0.25, -0.2) is 0 Å². The Morgan fingerprint density at radius 1 is 1.23 bits per heavy atom. The molecule has 0 atom stereocenters. The third-order valence-corrected chi connectivity index (χ3v) is 5.63. The number of carbonyl (C=O) groups excluding carboxylic acids is 1. The zero-order valence-corrected chi connectivity index (χ0v) is 18.0. The smallest absolute Gasteiger partial charge is 0.435 e. The van der Waals surface area contributed by atoms with E-state index in [1.807, 2.05) is 25.1 Å². The number of para-hydroxylation sites is 1. The summed E-state index contributed by atoms with van der Waals surface area (Å²) in [6, 6.07) is 6.43. The summed E-state index contributed by atoms with van der Waals surface area (Å²) >= 11 is 0. The summed E-state index contributed by atoms with van der Waals surface area (Å²) in [5, 5.41) is 5.54. The Hall–Kier alpha value is -2.55. The Balaban J connectivity index is 1.82. The van der Waals surface area contributed by atoms with E-state index < -0.39 is 17.8 Å². The van der Waals surface area contributed by atoms with Crippen molar-refractivity contribution < 1.29 is 22.7 Å². The molecule has 1 amide bonds. The second kappa shape index (κ2) is 10.2. The van der Waals surface area contributed by atoms with E-state index in [1.54, 1.807) is 12.0 Å². The zero-order chi connectivity index (χ0) is 22.4. The van der Waals surface area contributed by atoms with E-state index in [0.29, 0.717) is 18.8 Å². The topological polar surface area (TPSA) is 61.5 Å². The van der Waals surface area contributed by atoms with E-state index in [-0.39, 0.29) is 12.2 Å². The number of aromatic nitrogens is 2. The molecule has 0 unspecified atom stereocenters. The van der Waals surface area contributed by atoms with Crippen LogP contribution in [0.3, 0.4) is 0 Å². The Labute approximate surface area is 180 Å². The highest BCUT2D eigenvalue weighted by molar-refractivity contribution is 5.92. The maximum Gasteiger partial charge on any atom is 0.435 e. The van der Waals surface area contributed by atoms with Crippen LogP contribution in [0.1, 0.15) is 53.0 Å². The van der Waals surface area contributed by atoms with Crippen molar-refractivity contribution in [2.24, 2.45) is 0 Å². The Kier molecular flexibility index (Phi) is 7.59. The number of nitrogens with zero attached hydrogens (tertiary/aromatic N) is 3. The number of benzene rings is 1. The van der Waals surface area contributed by atoms with Gasteiger partial charge < -0.3 is 14.5 Å². The van der Waals surface area contributed by atoms with Crippen molar-refractivity contribution in [2.45, 2.75) is 45.3 Å². The first-order valence-electron chi connectivity index (χ1n) is 10.6. The molecule has 1 N–H and O–H groups in total. The average Bonchev–Trinajstić information content (AvgIpc) is 3.09. The lowest BCUT2D eigenvalue weighted by Gasteiger charge is -2.27. The number of hydrogen-bond acceptors (Lipinski definition) is 4. The van der Waals surface area contributed by atoms with Crippen molar-refractivity contribution in [2.75, 3.05) is 33.3 Å². The van der Waals surface area contributed by atoms with Gasteiger partial charge in [0.25, 0.3) is 5.91 Å². The number of methoxy groups -OCH3 is 1. The molecule has 1 aromatic carbocycles. The van der Waals surface area contributed by atoms with Crippen LogP contribution < -0.4 is 4.74 Å². The van der Waals surface area contributed by atoms with Crippen LogP contribution in [0.25, 0.3) is 0 Å². The molecule has 0 aliphatic carbocycles. The minimum Gasteiger partial charge on any atom is -0.496 e. The van der Waals surface area contributed by atoms with Gasteiger partial charge in [0, 0.05) is 31.3 Å². The fourth-order valence-corrected chi connectivity index (χ4v) is 3.96. The third-order valence-electron chi connectivity index (χ3n) is 5.63. The van der Waals surface area contributed by atoms with Crippen LogP contribution in [0.4, 0.5) is 13.2 Å². The fraction of sp³-hybridized carbons (Fsp3) is 0.545. The van der Waals surface area contributed by atoms with Crippen LogP contribution in [-0.2, 0) is 12.7 Å². The van der Waals surface area contributed by atoms with Crippen LogP contribution in [0.15, 0.2) is 24.3 Å². The molecule has 3 rings (SSSR count). The van der Waals surface area contributed by atoms with Gasteiger partial charge in [-0.1, -0.05) is 31.0 Å². The molecule has 0 bridgehead atoms. The Bertz CT molecular complexity index is 874. The SMILES string of the molecule is COc1c(C)cccc1CN(CCN1CCCCCC1)C(=O)c1cc(C(F)(F)F)n[nH]1. The first-order chi connectivity index (χ1) is 14.8. The number of alkyl halides is 3. The van der Waals surface area contributed by atoms with Gasteiger partial charge in [-0.3, -0.25) is 9.89 Å². The molecule has 9 heteroatoms. The number of rotatable bonds is 7. The van der Waals surface area contributed by atoms with Gasteiger partial charge in [0.2, 0.25) is 0 Å². The summed E-state index contributed by atoms with van der Waals surface area (Å²) in [6.07, 6.45) is 0.0396. The molecule has 6 nitrogen and oxygen atoms in total. The van der Waals surface area contributed by atoms with Crippen LogP contribution in [0, 0.1) is 6.92 Å². The number of nitrogens with one attached hydrogen (secondary N) is 1. The molecule has 0 spiro atoms. The lowest BCUT2D eigenvalue weighted by molar-refractivity contribution is -0.141. The van der Waals surface area contributed by atoms with Crippen LogP contribution in [-0.4, -0.2) is 59.2 Å². The van der Waals surface area contributed by atoms with Crippen molar-refractivity contribution in [3.63, 3.8) is 0 Å². The van der Waals surface area contributed by atoms with Gasteiger partial charge in [0.15, 0.2) is 5.69 Å². The molecular formula is C22H29F3N4O2. The Morgan fingerprint density at radius 2 is 1.94 bits per heavy atom. The summed E-state index contributed by atoms with van der Waals surface area (Å²) in [4.78, 5) is 17.0. The van der Waals surface area contributed by atoms with Crippen molar-refractivity contribution in [3.8, 4) is 5.75 Å². The van der Waals surface area contributed by atoms with Gasteiger partial charge in [0.1, 0.15) is 11.4 Å². The zero-order valence-electron chi connectivity index (χ0n) is 18.0. The molecule has 1 aliphatic rings. The summed E-state index contributed by atoms with van der Waals surface area (Å²) in [5.41, 5.74) is 0.467. The highest BCUT2D eigenvalue weighted by Gasteiger charge is 2.35. The standard InChI is InChI=1S/C22H29F3N4O2/c1-16-8-7-9-17(20(16)31-2)15-29(13-12-28-10-5-3-4-6-11-28)21(30)18-14-19(27-26-18)22(23,24)25/h7-9,14H,3-6,10-13,15H2,1-2H3,(H,26,27). The monoisotopic (exact) mass is 438 g/mol. The maximum absolute atomic E-state index is 13.1. The minimum atomic E-state index is -4.61. The van der Waals surface area contributed by atoms with Gasteiger partial charge in [-0.15, -0.1) is 0 Å². The lowest BCUT2D eigenvalue weighted by atomic mass is 10.1. The lowest BCUT2D eigenvalue weighted by Crippen LogP contribution is -2.39. The van der Waals surface area contributed by atoms with Gasteiger partial charge in [-0.05, 0) is 38.4 Å². The van der Waals surface area contributed by atoms with E-state index in [9.17, 15) is 18.0 Å². The molecule has 0 radical (unpaired) electrons. The molecule has 0 saturated carbocycles. The molecular weight excluding hydrogens is 409 g/mol. The predicted octanol–water partition coefficient (Wildman–Crippen LogP) is 4.26. The quantitative estimate of drug-likeness (QED) is 0.702. The predicted molar refractivity (Wildman–Crippen MR) is 111 cm³/mol. The normalized spacial score (nSPS) is 15.5. The molecule has 1 saturated heterocycles. The van der Waals surface area contributed by atoms with Crippen LogP contribution in [0.2, 0.25) is 0 Å². The molecule has 170 valence electrons. The number of H-pyrrole nitrogens is 1. The number of carbonyl (C=O) groups is 1. The summed E-state index contributed by atoms with van der Waals surface area (Å²) in [7, 11) is 1.57. The van der Waals surface area contributed by atoms with Gasteiger partial charge in [-0.2, -0.15) is 18.3 Å². The molecule has 2 heterocycles. The van der Waals surface area contributed by atoms with Gasteiger partial charge >= 0.3 is 6.18 Å². The molecule has 1 fully saturated rings. The van der Waals surface area contributed by atoms with Crippen LogP contribution in [0.5, 0.6) is 5.75 Å². The van der Waals surface area contributed by atoms with Crippen molar-refractivity contribution in [3.05, 3.63) is 46.8 Å². The number of hydrogen-bond donors (Lipinski definition) is 1. The second-order valence-electron chi connectivity index (χ2n) is 7.91. The number of likely N-dealkylation sites (tertiary alicyclic amines) is 1. The molecule has 1 aliphatic heterocycles. The van der Waals surface area contributed by atoms with Crippen LogP contribution >= 0.6 is 0 Å². The van der Waals surface area contributed by atoms with Crippen molar-refractivity contribution in [1.29, 1.82) is 0 Å². The van der Waals surface area contributed by atoms with E-state index >= 15 is 0 Å². The van der Waals surface area contributed by atoms with Crippen molar-refractivity contribution in [1.82, 2.24) is 20.0 Å². The number of amides is 1.